The molecule has 0 fully saturated rings. The second-order valence-electron chi connectivity index (χ2n) is 5.03. The molecule has 0 bridgehead atoms. The molecule has 0 aliphatic carbocycles. The first-order valence-electron chi connectivity index (χ1n) is 7.19. The van der Waals surface area contributed by atoms with Crippen LogP contribution < -0.4 is 10.1 Å². The topological polar surface area (TPSA) is 25.8 Å². The summed E-state index contributed by atoms with van der Waals surface area (Å²) in [5, 5.41) is 2.73. The van der Waals surface area contributed by atoms with Crippen molar-refractivity contribution in [1.29, 1.82) is 0 Å². The van der Waals surface area contributed by atoms with Crippen LogP contribution in [0.4, 0.5) is 0 Å². The molecule has 3 rings (SSSR count). The molecule has 0 saturated carbocycles. The summed E-state index contributed by atoms with van der Waals surface area (Å²) in [6.45, 7) is 1.18. The van der Waals surface area contributed by atoms with Crippen LogP contribution in [0.3, 0.4) is 0 Å². The fraction of sp³-hybridized carbons (Fsp3) is 0.294. The van der Waals surface area contributed by atoms with E-state index in [0.29, 0.717) is 5.25 Å². The molecule has 0 spiro atoms. The lowest BCUT2D eigenvalue weighted by Crippen LogP contribution is -2.79. The average molecular weight is 286 g/mol. The van der Waals surface area contributed by atoms with Gasteiger partial charge in [-0.1, -0.05) is 30.3 Å². The number of ether oxygens (including phenoxy) is 1. The van der Waals surface area contributed by atoms with Gasteiger partial charge in [0.1, 0.15) is 11.5 Å². The van der Waals surface area contributed by atoms with Crippen LogP contribution in [0.15, 0.2) is 53.4 Å². The largest absolute Gasteiger partial charge is 0.456 e. The molecule has 0 unspecified atom stereocenters. The van der Waals surface area contributed by atoms with Gasteiger partial charge < -0.3 is 10.1 Å². The maximum absolute atomic E-state index is 6.11. The van der Waals surface area contributed by atoms with E-state index in [4.69, 9.17) is 4.74 Å². The highest BCUT2D eigenvalue weighted by Crippen LogP contribution is 2.49. The fourth-order valence-corrected chi connectivity index (χ4v) is 3.82. The van der Waals surface area contributed by atoms with Crippen LogP contribution in [-0.2, 0) is 0 Å². The summed E-state index contributed by atoms with van der Waals surface area (Å²) in [7, 11) is 2.13. The van der Waals surface area contributed by atoms with Crippen LogP contribution in [0.2, 0.25) is 0 Å². The van der Waals surface area contributed by atoms with Crippen molar-refractivity contribution < 1.29 is 10.1 Å². The van der Waals surface area contributed by atoms with E-state index in [1.165, 1.54) is 29.8 Å². The third-order valence-electron chi connectivity index (χ3n) is 3.56. The van der Waals surface area contributed by atoms with E-state index in [1.807, 2.05) is 23.9 Å². The first-order valence-corrected chi connectivity index (χ1v) is 8.06. The predicted octanol–water partition coefficient (Wildman–Crippen LogP) is 3.60. The Morgan fingerprint density at radius 2 is 1.80 bits per heavy atom. The number of benzene rings is 2. The highest BCUT2D eigenvalue weighted by atomic mass is 32.2. The molecule has 2 nitrogen and oxygen atoms in total. The Balaban J connectivity index is 1.93. The number of para-hydroxylation sites is 2. The van der Waals surface area contributed by atoms with Crippen LogP contribution in [0, 0.1) is 0 Å². The van der Waals surface area contributed by atoms with E-state index >= 15 is 0 Å². The van der Waals surface area contributed by atoms with Gasteiger partial charge in [0.05, 0.1) is 18.5 Å². The summed E-state index contributed by atoms with van der Waals surface area (Å²) >= 11 is 1.93. The van der Waals surface area contributed by atoms with Gasteiger partial charge in [0.2, 0.25) is 0 Å². The molecule has 3 heteroatoms. The molecule has 1 atom stereocenters. The van der Waals surface area contributed by atoms with Gasteiger partial charge in [0.25, 0.3) is 0 Å². The molecular weight excluding hydrogens is 266 g/mol. The summed E-state index contributed by atoms with van der Waals surface area (Å²) in [6, 6.07) is 16.8. The maximum atomic E-state index is 6.11. The Hall–Kier alpha value is -1.45. The Morgan fingerprint density at radius 3 is 2.65 bits per heavy atom. The third kappa shape index (κ3) is 2.84. The highest BCUT2D eigenvalue weighted by Gasteiger charge is 2.23. The van der Waals surface area contributed by atoms with Crippen LogP contribution in [0.25, 0.3) is 0 Å². The summed E-state index contributed by atoms with van der Waals surface area (Å²) in [4.78, 5) is 1.24. The number of fused-ring (bicyclic) bond motifs is 2. The summed E-state index contributed by atoms with van der Waals surface area (Å²) in [5.41, 5.74) is 1.32. The van der Waals surface area contributed by atoms with Crippen LogP contribution >= 0.6 is 11.8 Å². The van der Waals surface area contributed by atoms with Crippen molar-refractivity contribution in [3.63, 3.8) is 0 Å². The van der Waals surface area contributed by atoms with Crippen LogP contribution in [0.5, 0.6) is 11.5 Å². The third-order valence-corrected chi connectivity index (χ3v) is 4.93. The van der Waals surface area contributed by atoms with Gasteiger partial charge >= 0.3 is 0 Å². The second-order valence-corrected chi connectivity index (χ2v) is 6.28. The van der Waals surface area contributed by atoms with Gasteiger partial charge in [-0.3, -0.25) is 0 Å². The van der Waals surface area contributed by atoms with Gasteiger partial charge in [0.15, 0.2) is 0 Å². The van der Waals surface area contributed by atoms with Gasteiger partial charge in [-0.25, -0.2) is 0 Å². The highest BCUT2D eigenvalue weighted by molar-refractivity contribution is 7.99. The summed E-state index contributed by atoms with van der Waals surface area (Å²) in [6.07, 6.45) is 2.41. The molecule has 1 aliphatic rings. The van der Waals surface area contributed by atoms with E-state index in [1.54, 1.807) is 0 Å². The predicted molar refractivity (Wildman–Crippen MR) is 83.5 cm³/mol. The number of nitrogens with two attached hydrogens (primary N) is 1. The summed E-state index contributed by atoms with van der Waals surface area (Å²) < 4.78 is 6.11. The molecule has 0 amide bonds. The molecule has 2 aromatic rings. The smallest absolute Gasteiger partial charge is 0.141 e. The van der Waals surface area contributed by atoms with Crippen molar-refractivity contribution in [3.05, 3.63) is 54.1 Å². The second kappa shape index (κ2) is 6.33. The normalized spacial score (nSPS) is 16.8. The van der Waals surface area contributed by atoms with Crippen molar-refractivity contribution in [2.24, 2.45) is 0 Å². The number of quaternary nitrogens is 1. The monoisotopic (exact) mass is 286 g/mol. The lowest BCUT2D eigenvalue weighted by Gasteiger charge is -2.15. The molecule has 20 heavy (non-hydrogen) atoms. The van der Waals surface area contributed by atoms with Gasteiger partial charge in [-0.2, -0.15) is 0 Å². The SMILES string of the molecule is C[NH2+]CCC[C@H]1Sc2ccccc2Oc2ccccc21. The van der Waals surface area contributed by atoms with Crippen molar-refractivity contribution in [1.82, 2.24) is 0 Å². The number of thioether (sulfide) groups is 1. The minimum absolute atomic E-state index is 0.481. The standard InChI is InChI=1S/C17H19NOS/c1-18-12-6-11-16-13-7-2-3-8-14(13)19-15-9-4-5-10-17(15)20-16/h2-5,7-10,16,18H,6,11-12H2,1H3/p+1/t16-/m1/s1. The Kier molecular flexibility index (Phi) is 4.28. The van der Waals surface area contributed by atoms with Crippen molar-refractivity contribution in [2.45, 2.75) is 23.0 Å². The van der Waals surface area contributed by atoms with E-state index in [-0.39, 0.29) is 0 Å². The minimum Gasteiger partial charge on any atom is -0.456 e. The van der Waals surface area contributed by atoms with Crippen LogP contribution in [-0.4, -0.2) is 13.6 Å². The Labute approximate surface area is 124 Å². The van der Waals surface area contributed by atoms with Crippen molar-refractivity contribution in [3.8, 4) is 11.5 Å². The zero-order valence-corrected chi connectivity index (χ0v) is 12.5. The van der Waals surface area contributed by atoms with E-state index in [2.05, 4.69) is 48.8 Å². The number of rotatable bonds is 4. The zero-order valence-electron chi connectivity index (χ0n) is 11.7. The first kappa shape index (κ1) is 13.5. The van der Waals surface area contributed by atoms with Crippen molar-refractivity contribution in [2.75, 3.05) is 13.6 Å². The van der Waals surface area contributed by atoms with E-state index in [0.717, 1.165) is 11.5 Å². The van der Waals surface area contributed by atoms with Gasteiger partial charge in [-0.15, -0.1) is 11.8 Å². The molecular formula is C17H20NOS+. The molecule has 2 N–H and O–H groups in total. The molecule has 0 radical (unpaired) electrons. The average Bonchev–Trinajstić information content (AvgIpc) is 2.64. The lowest BCUT2D eigenvalue weighted by molar-refractivity contribution is -0.627. The lowest BCUT2D eigenvalue weighted by atomic mass is 10.1. The molecule has 2 aromatic carbocycles. The van der Waals surface area contributed by atoms with E-state index in [9.17, 15) is 0 Å². The fourth-order valence-electron chi connectivity index (χ4n) is 2.53. The molecule has 0 saturated heterocycles. The number of hydrogen-bond acceptors (Lipinski definition) is 2. The Morgan fingerprint density at radius 1 is 1.05 bits per heavy atom. The van der Waals surface area contributed by atoms with Gasteiger partial charge in [-0.05, 0) is 31.0 Å². The first-order chi connectivity index (χ1) is 9.88. The summed E-state index contributed by atoms with van der Waals surface area (Å²) in [5.74, 6) is 1.99. The molecule has 1 heterocycles. The van der Waals surface area contributed by atoms with Crippen LogP contribution in [0.1, 0.15) is 23.7 Å². The molecule has 104 valence electrons. The van der Waals surface area contributed by atoms with Gasteiger partial charge in [0, 0.05) is 10.8 Å². The van der Waals surface area contributed by atoms with Crippen molar-refractivity contribution >= 4 is 11.8 Å². The molecule has 1 aliphatic heterocycles. The zero-order chi connectivity index (χ0) is 13.8. The van der Waals surface area contributed by atoms with E-state index < -0.39 is 0 Å². The Bertz CT molecular complexity index is 585. The quantitative estimate of drug-likeness (QED) is 0.869. The number of hydrogen-bond donors (Lipinski definition) is 1. The molecule has 0 aromatic heterocycles. The minimum atomic E-state index is 0.481. The maximum Gasteiger partial charge on any atom is 0.141 e.